The summed E-state index contributed by atoms with van der Waals surface area (Å²) in [5.74, 6) is 0.0166. The highest BCUT2D eigenvalue weighted by Crippen LogP contribution is 2.22. The first-order valence-corrected chi connectivity index (χ1v) is 10.3. The van der Waals surface area contributed by atoms with Crippen molar-refractivity contribution in [3.05, 3.63) is 20.8 Å². The van der Waals surface area contributed by atoms with Crippen LogP contribution in [0.5, 0.6) is 0 Å². The van der Waals surface area contributed by atoms with Gasteiger partial charge in [-0.3, -0.25) is 4.79 Å². The third kappa shape index (κ3) is 9.92. The largest absolute Gasteiger partial charge is 0.273 e. The van der Waals surface area contributed by atoms with Crippen LogP contribution in [0.2, 0.25) is 0 Å². The second kappa shape index (κ2) is 12.7. The minimum atomic E-state index is 0.0166. The number of rotatable bonds is 12. The van der Waals surface area contributed by atoms with Crippen LogP contribution in [-0.4, -0.2) is 11.6 Å². The highest BCUT2D eigenvalue weighted by molar-refractivity contribution is 9.11. The van der Waals surface area contributed by atoms with Crippen LogP contribution >= 0.6 is 27.3 Å². The molecule has 0 saturated carbocycles. The number of thiophene rings is 1. The molecule has 0 atom stereocenters. The Balaban J connectivity index is 2.04. The van der Waals surface area contributed by atoms with Gasteiger partial charge in [-0.2, -0.15) is 5.10 Å². The van der Waals surface area contributed by atoms with E-state index >= 15 is 0 Å². The fraction of sp³-hybridized carbons (Fsp3) is 0.667. The molecule has 1 N–H and O–H groups in total. The maximum absolute atomic E-state index is 11.8. The molecule has 23 heavy (non-hydrogen) atoms. The van der Waals surface area contributed by atoms with Crippen molar-refractivity contribution in [2.24, 2.45) is 5.10 Å². The molecule has 0 fully saturated rings. The molecule has 0 saturated heterocycles. The van der Waals surface area contributed by atoms with E-state index in [0.717, 1.165) is 27.2 Å². The van der Waals surface area contributed by atoms with Gasteiger partial charge < -0.3 is 0 Å². The minimum Gasteiger partial charge on any atom is -0.273 e. The molecule has 0 radical (unpaired) electrons. The molecule has 0 aliphatic carbocycles. The zero-order chi connectivity index (χ0) is 16.9. The highest BCUT2D eigenvalue weighted by atomic mass is 79.9. The van der Waals surface area contributed by atoms with Crippen LogP contribution in [0.4, 0.5) is 0 Å². The van der Waals surface area contributed by atoms with E-state index in [1.165, 1.54) is 44.9 Å². The average Bonchev–Trinajstić information content (AvgIpc) is 2.97. The fourth-order valence-electron chi connectivity index (χ4n) is 2.36. The average molecular weight is 401 g/mol. The number of carbonyl (C=O) groups is 1. The van der Waals surface area contributed by atoms with E-state index in [1.807, 2.05) is 19.1 Å². The van der Waals surface area contributed by atoms with Gasteiger partial charge in [0.25, 0.3) is 0 Å². The predicted octanol–water partition coefficient (Wildman–Crippen LogP) is 6.27. The summed E-state index contributed by atoms with van der Waals surface area (Å²) in [6, 6.07) is 3.99. The first-order valence-electron chi connectivity index (χ1n) is 8.72. The zero-order valence-corrected chi connectivity index (χ0v) is 16.8. The second-order valence-electron chi connectivity index (χ2n) is 5.91. The van der Waals surface area contributed by atoms with E-state index in [0.29, 0.717) is 6.42 Å². The quantitative estimate of drug-likeness (QED) is 0.250. The van der Waals surface area contributed by atoms with Crippen molar-refractivity contribution >= 4 is 38.9 Å². The minimum absolute atomic E-state index is 0.0166. The molecule has 0 bridgehead atoms. The molecule has 5 heteroatoms. The number of hydrogen-bond donors (Lipinski definition) is 1. The lowest BCUT2D eigenvalue weighted by Gasteiger charge is -2.03. The Morgan fingerprint density at radius 2 is 1.70 bits per heavy atom. The normalized spacial score (nSPS) is 11.7. The molecule has 1 aromatic rings. The summed E-state index contributed by atoms with van der Waals surface area (Å²) in [7, 11) is 0. The van der Waals surface area contributed by atoms with Gasteiger partial charge >= 0.3 is 0 Å². The molecule has 1 rings (SSSR count). The van der Waals surface area contributed by atoms with Crippen molar-refractivity contribution in [3.8, 4) is 0 Å². The maximum atomic E-state index is 11.8. The SMILES string of the molecule is CCCCCCCCCCCC(=O)NN=C(C)c1ccc(Br)s1. The molecular weight excluding hydrogens is 372 g/mol. The molecule has 1 heterocycles. The lowest BCUT2D eigenvalue weighted by molar-refractivity contribution is -0.121. The van der Waals surface area contributed by atoms with Gasteiger partial charge in [0.1, 0.15) is 0 Å². The predicted molar refractivity (Wildman–Crippen MR) is 104 cm³/mol. The third-order valence-electron chi connectivity index (χ3n) is 3.79. The van der Waals surface area contributed by atoms with Crippen LogP contribution in [0.25, 0.3) is 0 Å². The van der Waals surface area contributed by atoms with Gasteiger partial charge in [0, 0.05) is 6.42 Å². The van der Waals surface area contributed by atoms with Crippen molar-refractivity contribution < 1.29 is 4.79 Å². The number of hydrogen-bond acceptors (Lipinski definition) is 3. The monoisotopic (exact) mass is 400 g/mol. The molecule has 1 amide bonds. The second-order valence-corrected chi connectivity index (χ2v) is 8.38. The van der Waals surface area contributed by atoms with E-state index < -0.39 is 0 Å². The molecule has 130 valence electrons. The van der Waals surface area contributed by atoms with Crippen molar-refractivity contribution in [1.29, 1.82) is 0 Å². The molecule has 0 unspecified atom stereocenters. The summed E-state index contributed by atoms with van der Waals surface area (Å²) in [5.41, 5.74) is 3.50. The van der Waals surface area contributed by atoms with E-state index in [-0.39, 0.29) is 5.91 Å². The summed E-state index contributed by atoms with van der Waals surface area (Å²) in [6.07, 6.45) is 12.0. The van der Waals surface area contributed by atoms with Gasteiger partial charge in [-0.15, -0.1) is 11.3 Å². The number of carbonyl (C=O) groups excluding carboxylic acids is 1. The Hall–Kier alpha value is -0.680. The molecule has 0 aliphatic rings. The Morgan fingerprint density at radius 1 is 1.09 bits per heavy atom. The van der Waals surface area contributed by atoms with Gasteiger partial charge in [0.05, 0.1) is 14.4 Å². The third-order valence-corrected chi connectivity index (χ3v) is 5.52. The number of nitrogens with zero attached hydrogens (tertiary/aromatic N) is 1. The van der Waals surface area contributed by atoms with E-state index in [2.05, 4.69) is 33.4 Å². The van der Waals surface area contributed by atoms with Crippen molar-refractivity contribution in [1.82, 2.24) is 5.43 Å². The topological polar surface area (TPSA) is 41.5 Å². The number of unbranched alkanes of at least 4 members (excludes halogenated alkanes) is 8. The fourth-order valence-corrected chi connectivity index (χ4v) is 3.69. The van der Waals surface area contributed by atoms with Gasteiger partial charge in [0.15, 0.2) is 0 Å². The Kier molecular flexibility index (Phi) is 11.3. The highest BCUT2D eigenvalue weighted by Gasteiger charge is 2.03. The lowest BCUT2D eigenvalue weighted by Crippen LogP contribution is -2.18. The number of amides is 1. The van der Waals surface area contributed by atoms with Crippen LogP contribution in [-0.2, 0) is 4.79 Å². The number of nitrogens with one attached hydrogen (secondary N) is 1. The number of hydrazone groups is 1. The summed E-state index contributed by atoms with van der Waals surface area (Å²) in [4.78, 5) is 12.8. The summed E-state index contributed by atoms with van der Waals surface area (Å²) in [6.45, 7) is 4.16. The van der Waals surface area contributed by atoms with Crippen molar-refractivity contribution in [2.45, 2.75) is 78.1 Å². The molecule has 0 spiro atoms. The van der Waals surface area contributed by atoms with Crippen LogP contribution < -0.4 is 5.43 Å². The Bertz CT molecular complexity index is 485. The first-order chi connectivity index (χ1) is 11.1. The standard InChI is InChI=1S/C18H29BrN2OS/c1-3-4-5-6-7-8-9-10-11-12-18(22)21-20-15(2)16-13-14-17(19)23-16/h13-14H,3-12H2,1-2H3,(H,21,22). The van der Waals surface area contributed by atoms with Crippen LogP contribution in [0.1, 0.15) is 82.9 Å². The van der Waals surface area contributed by atoms with Crippen LogP contribution in [0.15, 0.2) is 21.0 Å². The first kappa shape index (κ1) is 20.4. The Labute approximate surface area is 153 Å². The van der Waals surface area contributed by atoms with Crippen LogP contribution in [0.3, 0.4) is 0 Å². The van der Waals surface area contributed by atoms with Gasteiger partial charge in [-0.25, -0.2) is 5.43 Å². The van der Waals surface area contributed by atoms with E-state index in [1.54, 1.807) is 11.3 Å². The van der Waals surface area contributed by atoms with Gasteiger partial charge in [-0.1, -0.05) is 58.3 Å². The van der Waals surface area contributed by atoms with Crippen LogP contribution in [0, 0.1) is 0 Å². The summed E-state index contributed by atoms with van der Waals surface area (Å²) in [5, 5.41) is 4.17. The zero-order valence-electron chi connectivity index (χ0n) is 14.4. The molecular formula is C18H29BrN2OS. The molecule has 0 aliphatic heterocycles. The van der Waals surface area contributed by atoms with Gasteiger partial charge in [0.2, 0.25) is 5.91 Å². The number of halogens is 1. The lowest BCUT2D eigenvalue weighted by atomic mass is 10.1. The van der Waals surface area contributed by atoms with Gasteiger partial charge in [-0.05, 0) is 41.4 Å². The maximum Gasteiger partial charge on any atom is 0.240 e. The van der Waals surface area contributed by atoms with Crippen molar-refractivity contribution in [3.63, 3.8) is 0 Å². The Morgan fingerprint density at radius 3 is 2.26 bits per heavy atom. The summed E-state index contributed by atoms with van der Waals surface area (Å²) >= 11 is 5.04. The smallest absolute Gasteiger partial charge is 0.240 e. The van der Waals surface area contributed by atoms with E-state index in [9.17, 15) is 4.79 Å². The molecule has 0 aromatic carbocycles. The molecule has 3 nitrogen and oxygen atoms in total. The van der Waals surface area contributed by atoms with Crippen molar-refractivity contribution in [2.75, 3.05) is 0 Å². The van der Waals surface area contributed by atoms with E-state index in [4.69, 9.17) is 0 Å². The summed E-state index contributed by atoms with van der Waals surface area (Å²) < 4.78 is 1.07. The molecule has 1 aromatic heterocycles.